The maximum Gasteiger partial charge on any atom is 0.309 e. The topological polar surface area (TPSA) is 92.8 Å². The Balaban J connectivity index is 1.52. The van der Waals surface area contributed by atoms with E-state index in [2.05, 4.69) is 5.32 Å². The average Bonchev–Trinajstić information content (AvgIpc) is 2.77. The highest BCUT2D eigenvalue weighted by Gasteiger charge is 2.34. The van der Waals surface area contributed by atoms with E-state index in [1.54, 1.807) is 6.07 Å². The van der Waals surface area contributed by atoms with Gasteiger partial charge in [0, 0.05) is 23.8 Å². The van der Waals surface area contributed by atoms with Crippen LogP contribution in [-0.2, 0) is 24.3 Å². The van der Waals surface area contributed by atoms with Crippen molar-refractivity contribution in [2.24, 2.45) is 5.92 Å². The zero-order chi connectivity index (χ0) is 23.5. The lowest BCUT2D eigenvalue weighted by Gasteiger charge is -2.30. The average molecular weight is 499 g/mol. The molecule has 1 amide bonds. The number of esters is 1. The van der Waals surface area contributed by atoms with Crippen molar-refractivity contribution >= 4 is 50.8 Å². The summed E-state index contributed by atoms with van der Waals surface area (Å²) in [7, 11) is -3.83. The normalized spacial score (nSPS) is 15.4. The van der Waals surface area contributed by atoms with Gasteiger partial charge in [0.1, 0.15) is 4.90 Å². The molecule has 1 heterocycles. The molecule has 0 bridgehead atoms. The first-order valence-electron chi connectivity index (χ1n) is 10.1. The summed E-state index contributed by atoms with van der Waals surface area (Å²) in [6, 6.07) is 9.82. The van der Waals surface area contributed by atoms with Gasteiger partial charge in [0.25, 0.3) is 5.91 Å². The van der Waals surface area contributed by atoms with Crippen molar-refractivity contribution < 1.29 is 22.7 Å². The lowest BCUT2D eigenvalue weighted by Crippen LogP contribution is -2.41. The van der Waals surface area contributed by atoms with E-state index in [0.717, 1.165) is 11.1 Å². The van der Waals surface area contributed by atoms with Gasteiger partial charge in [0.15, 0.2) is 6.61 Å². The van der Waals surface area contributed by atoms with Gasteiger partial charge in [0.2, 0.25) is 10.0 Å². The van der Waals surface area contributed by atoms with Crippen molar-refractivity contribution in [1.82, 2.24) is 4.31 Å². The van der Waals surface area contributed by atoms with Crippen LogP contribution in [0, 0.1) is 19.8 Å². The van der Waals surface area contributed by atoms with Crippen LogP contribution in [0.1, 0.15) is 24.0 Å². The second-order valence-electron chi connectivity index (χ2n) is 7.66. The molecule has 1 aliphatic heterocycles. The molecule has 3 rings (SSSR count). The Morgan fingerprint density at radius 2 is 1.81 bits per heavy atom. The zero-order valence-electron chi connectivity index (χ0n) is 17.7. The van der Waals surface area contributed by atoms with Crippen molar-refractivity contribution in [3.63, 3.8) is 0 Å². The third kappa shape index (κ3) is 5.61. The molecule has 2 aromatic carbocycles. The lowest BCUT2D eigenvalue weighted by atomic mass is 9.98. The number of piperidine rings is 1. The number of amides is 1. The summed E-state index contributed by atoms with van der Waals surface area (Å²) in [5.41, 5.74) is 2.66. The van der Waals surface area contributed by atoms with Gasteiger partial charge in [0.05, 0.1) is 10.9 Å². The van der Waals surface area contributed by atoms with Crippen molar-refractivity contribution in [2.75, 3.05) is 25.0 Å². The molecule has 0 atom stereocenters. The van der Waals surface area contributed by atoms with E-state index in [-0.39, 0.29) is 40.9 Å². The Labute approximate surface area is 197 Å². The molecule has 0 saturated carbocycles. The van der Waals surface area contributed by atoms with E-state index < -0.39 is 34.4 Å². The minimum atomic E-state index is -3.83. The highest BCUT2D eigenvalue weighted by molar-refractivity contribution is 7.89. The molecule has 172 valence electrons. The molecule has 0 spiro atoms. The van der Waals surface area contributed by atoms with E-state index in [0.29, 0.717) is 5.69 Å². The van der Waals surface area contributed by atoms with Crippen LogP contribution in [0.2, 0.25) is 10.0 Å². The van der Waals surface area contributed by atoms with Gasteiger partial charge < -0.3 is 10.1 Å². The van der Waals surface area contributed by atoms with Gasteiger partial charge >= 0.3 is 5.97 Å². The van der Waals surface area contributed by atoms with Crippen LogP contribution in [0.5, 0.6) is 0 Å². The van der Waals surface area contributed by atoms with Crippen molar-refractivity contribution in [1.29, 1.82) is 0 Å². The smallest absolute Gasteiger partial charge is 0.309 e. The predicted octanol–water partition coefficient (Wildman–Crippen LogP) is 4.19. The molecule has 0 radical (unpaired) electrons. The molecule has 0 aromatic heterocycles. The first-order valence-corrected chi connectivity index (χ1v) is 12.3. The molecule has 7 nitrogen and oxygen atoms in total. The van der Waals surface area contributed by atoms with E-state index in [4.69, 9.17) is 27.9 Å². The van der Waals surface area contributed by atoms with E-state index in [1.165, 1.54) is 22.5 Å². The molecule has 0 unspecified atom stereocenters. The molecule has 10 heteroatoms. The first kappa shape index (κ1) is 24.5. The number of halogens is 2. The third-order valence-electron chi connectivity index (χ3n) is 5.52. The van der Waals surface area contributed by atoms with Crippen molar-refractivity contribution in [2.45, 2.75) is 31.6 Å². The Bertz CT molecular complexity index is 1130. The lowest BCUT2D eigenvalue weighted by molar-refractivity contribution is -0.152. The van der Waals surface area contributed by atoms with E-state index in [9.17, 15) is 18.0 Å². The Morgan fingerprint density at radius 1 is 1.12 bits per heavy atom. The number of nitrogens with zero attached hydrogens (tertiary/aromatic N) is 1. The van der Waals surface area contributed by atoms with Gasteiger partial charge in [-0.15, -0.1) is 0 Å². The fraction of sp³-hybridized carbons (Fsp3) is 0.364. The molecule has 1 aliphatic rings. The number of hydrogen-bond acceptors (Lipinski definition) is 5. The molecule has 1 fully saturated rings. The fourth-order valence-corrected chi connectivity index (χ4v) is 5.68. The highest BCUT2D eigenvalue weighted by atomic mass is 35.5. The largest absolute Gasteiger partial charge is 0.455 e. The molecular weight excluding hydrogens is 475 g/mol. The number of ether oxygens (including phenoxy) is 1. The first-order chi connectivity index (χ1) is 15.1. The number of rotatable bonds is 6. The quantitative estimate of drug-likeness (QED) is 0.602. The van der Waals surface area contributed by atoms with E-state index in [1.807, 2.05) is 26.0 Å². The Morgan fingerprint density at radius 3 is 2.50 bits per heavy atom. The number of hydrogen-bond donors (Lipinski definition) is 1. The van der Waals surface area contributed by atoms with Crippen LogP contribution in [-0.4, -0.2) is 44.3 Å². The van der Waals surface area contributed by atoms with Crippen molar-refractivity contribution in [3.8, 4) is 0 Å². The summed E-state index contributed by atoms with van der Waals surface area (Å²) >= 11 is 12.0. The number of anilines is 1. The fourth-order valence-electron chi connectivity index (χ4n) is 3.47. The summed E-state index contributed by atoms with van der Waals surface area (Å²) in [6.45, 7) is 3.72. The minimum Gasteiger partial charge on any atom is -0.455 e. The highest BCUT2D eigenvalue weighted by Crippen LogP contribution is 2.30. The van der Waals surface area contributed by atoms with Gasteiger partial charge in [-0.05, 0) is 62.1 Å². The second-order valence-corrected chi connectivity index (χ2v) is 10.4. The van der Waals surface area contributed by atoms with Crippen LogP contribution in [0.25, 0.3) is 0 Å². The summed E-state index contributed by atoms with van der Waals surface area (Å²) in [5, 5.41) is 3.10. The number of aryl methyl sites for hydroxylation is 1. The zero-order valence-corrected chi connectivity index (χ0v) is 20.1. The third-order valence-corrected chi connectivity index (χ3v) is 8.14. The molecule has 32 heavy (non-hydrogen) atoms. The van der Waals surface area contributed by atoms with Crippen LogP contribution < -0.4 is 5.32 Å². The summed E-state index contributed by atoms with van der Waals surface area (Å²) in [6.07, 6.45) is 0.573. The standard InChI is InChI=1S/C22H24Cl2N2O5S/c1-14-4-3-5-19(15(14)2)25-21(27)13-31-22(28)16-8-10-26(11-9-16)32(29,30)20-12-17(23)6-7-18(20)24/h3-7,12,16H,8-11,13H2,1-2H3,(H,25,27). The summed E-state index contributed by atoms with van der Waals surface area (Å²) in [5.74, 6) is -1.42. The molecular formula is C22H24Cl2N2O5S. The van der Waals surface area contributed by atoms with Crippen LogP contribution >= 0.6 is 23.2 Å². The molecule has 1 saturated heterocycles. The van der Waals surface area contributed by atoms with Gasteiger partial charge in [-0.1, -0.05) is 35.3 Å². The van der Waals surface area contributed by atoms with Gasteiger partial charge in [-0.3, -0.25) is 9.59 Å². The van der Waals surface area contributed by atoms with E-state index >= 15 is 0 Å². The second kappa shape index (κ2) is 10.2. The van der Waals surface area contributed by atoms with Crippen molar-refractivity contribution in [3.05, 3.63) is 57.6 Å². The van der Waals surface area contributed by atoms with Crippen LogP contribution in [0.3, 0.4) is 0 Å². The Hall–Kier alpha value is -2.13. The summed E-state index contributed by atoms with van der Waals surface area (Å²) < 4.78 is 32.2. The number of benzene rings is 2. The van der Waals surface area contributed by atoms with Gasteiger partial charge in [-0.2, -0.15) is 4.31 Å². The Kier molecular flexibility index (Phi) is 7.82. The molecule has 1 N–H and O–H groups in total. The molecule has 2 aromatic rings. The number of nitrogens with one attached hydrogen (secondary N) is 1. The number of carbonyl (C=O) groups is 2. The predicted molar refractivity (Wildman–Crippen MR) is 123 cm³/mol. The monoisotopic (exact) mass is 498 g/mol. The number of sulfonamides is 1. The van der Waals surface area contributed by atoms with Crippen LogP contribution in [0.15, 0.2) is 41.3 Å². The minimum absolute atomic E-state index is 0.0594. The number of carbonyl (C=O) groups excluding carboxylic acids is 2. The SMILES string of the molecule is Cc1cccc(NC(=O)COC(=O)C2CCN(S(=O)(=O)c3cc(Cl)ccc3Cl)CC2)c1C. The maximum atomic E-state index is 12.9. The maximum absolute atomic E-state index is 12.9. The molecule has 0 aliphatic carbocycles. The summed E-state index contributed by atoms with van der Waals surface area (Å²) in [4.78, 5) is 24.5. The van der Waals surface area contributed by atoms with Crippen LogP contribution in [0.4, 0.5) is 5.69 Å². The van der Waals surface area contributed by atoms with Gasteiger partial charge in [-0.25, -0.2) is 8.42 Å².